The van der Waals surface area contributed by atoms with Gasteiger partial charge in [-0.2, -0.15) is 4.98 Å². The molecule has 3 heterocycles. The van der Waals surface area contributed by atoms with Gasteiger partial charge in [0.15, 0.2) is 0 Å². The summed E-state index contributed by atoms with van der Waals surface area (Å²) in [6, 6.07) is 1.74. The highest BCUT2D eigenvalue weighted by molar-refractivity contribution is 5.96. The Labute approximate surface area is 146 Å². The Morgan fingerprint density at radius 2 is 2.04 bits per heavy atom. The lowest BCUT2D eigenvalue weighted by molar-refractivity contribution is 0.0743. The smallest absolute Gasteiger partial charge is 0.259 e. The number of rotatable bonds is 5. The first kappa shape index (κ1) is 17.2. The number of anilines is 1. The molecule has 2 aromatic heterocycles. The normalized spacial score (nSPS) is 14.7. The Morgan fingerprint density at radius 3 is 2.72 bits per heavy atom. The van der Waals surface area contributed by atoms with E-state index in [0.29, 0.717) is 62.4 Å². The van der Waals surface area contributed by atoms with Crippen molar-refractivity contribution in [1.29, 1.82) is 0 Å². The van der Waals surface area contributed by atoms with E-state index >= 15 is 0 Å². The van der Waals surface area contributed by atoms with Gasteiger partial charge in [-0.25, -0.2) is 4.98 Å². The number of amides is 1. The van der Waals surface area contributed by atoms with Crippen molar-refractivity contribution >= 4 is 11.9 Å². The molecule has 0 N–H and O–H groups in total. The van der Waals surface area contributed by atoms with E-state index in [2.05, 4.69) is 20.0 Å². The molecule has 0 unspecified atom stereocenters. The van der Waals surface area contributed by atoms with Gasteiger partial charge in [0, 0.05) is 38.4 Å². The Kier molecular flexibility index (Phi) is 5.16. The Bertz CT molecular complexity index is 738. The predicted octanol–water partition coefficient (Wildman–Crippen LogP) is 1.70. The maximum atomic E-state index is 12.8. The van der Waals surface area contributed by atoms with Crippen LogP contribution in [0.2, 0.25) is 0 Å². The molecule has 2 aromatic rings. The number of carbonyl (C=O) groups is 1. The number of aromatic nitrogens is 3. The van der Waals surface area contributed by atoms with E-state index in [4.69, 9.17) is 9.26 Å². The molecule has 3 rings (SSSR count). The van der Waals surface area contributed by atoms with Gasteiger partial charge in [0.05, 0.1) is 12.3 Å². The number of hydrogen-bond donors (Lipinski definition) is 0. The van der Waals surface area contributed by atoms with Crippen LogP contribution in [0.25, 0.3) is 0 Å². The van der Waals surface area contributed by atoms with Crippen molar-refractivity contribution in [1.82, 2.24) is 20.0 Å². The molecule has 1 aliphatic heterocycles. The summed E-state index contributed by atoms with van der Waals surface area (Å²) in [6.45, 7) is 8.79. The summed E-state index contributed by atoms with van der Waals surface area (Å²) in [7, 11) is 0. The fraction of sp³-hybridized carbons (Fsp3) is 0.529. The minimum Gasteiger partial charge on any atom is -0.478 e. The van der Waals surface area contributed by atoms with E-state index < -0.39 is 0 Å². The molecule has 0 atom stereocenters. The summed E-state index contributed by atoms with van der Waals surface area (Å²) >= 11 is 0. The van der Waals surface area contributed by atoms with E-state index in [1.165, 1.54) is 0 Å². The monoisotopic (exact) mass is 345 g/mol. The van der Waals surface area contributed by atoms with Gasteiger partial charge in [0.2, 0.25) is 11.8 Å². The van der Waals surface area contributed by atoms with Gasteiger partial charge in [-0.05, 0) is 20.3 Å². The van der Waals surface area contributed by atoms with Crippen LogP contribution in [0, 0.1) is 6.92 Å². The number of hydrogen-bond acceptors (Lipinski definition) is 7. The van der Waals surface area contributed by atoms with Crippen LogP contribution in [0.3, 0.4) is 0 Å². The maximum Gasteiger partial charge on any atom is 0.259 e. The molecule has 0 aromatic carbocycles. The zero-order chi connectivity index (χ0) is 17.8. The van der Waals surface area contributed by atoms with Gasteiger partial charge in [0.1, 0.15) is 11.3 Å². The number of nitrogens with zero attached hydrogens (tertiary/aromatic N) is 5. The molecule has 1 amide bonds. The second kappa shape index (κ2) is 7.50. The minimum atomic E-state index is -0.0146. The van der Waals surface area contributed by atoms with Crippen LogP contribution in [0.4, 0.5) is 5.95 Å². The van der Waals surface area contributed by atoms with Crippen LogP contribution >= 0.6 is 0 Å². The minimum absolute atomic E-state index is 0.0146. The molecule has 1 aliphatic rings. The van der Waals surface area contributed by atoms with E-state index in [1.54, 1.807) is 19.2 Å². The van der Waals surface area contributed by atoms with Crippen LogP contribution < -0.4 is 9.64 Å². The highest BCUT2D eigenvalue weighted by atomic mass is 16.5. The first-order valence-corrected chi connectivity index (χ1v) is 8.59. The molecule has 0 radical (unpaired) electrons. The standard InChI is InChI=1S/C17H23N5O3/c1-4-13-15(12(3)25-20-13)16(23)21-8-10-22(11-9-21)17-18-7-6-14(19-17)24-5-2/h6-7H,4-5,8-11H2,1-3H3. The number of aryl methyl sites for hydroxylation is 2. The van der Waals surface area contributed by atoms with Gasteiger partial charge >= 0.3 is 0 Å². The third kappa shape index (κ3) is 3.57. The van der Waals surface area contributed by atoms with Crippen molar-refractivity contribution in [2.45, 2.75) is 27.2 Å². The Balaban J connectivity index is 1.66. The summed E-state index contributed by atoms with van der Waals surface area (Å²) in [6.07, 6.45) is 2.37. The van der Waals surface area contributed by atoms with Crippen molar-refractivity contribution in [3.05, 3.63) is 29.3 Å². The SMILES string of the molecule is CCOc1ccnc(N2CCN(C(=O)c3c(CC)noc3C)CC2)n1. The lowest BCUT2D eigenvalue weighted by atomic mass is 10.1. The molecule has 0 aliphatic carbocycles. The van der Waals surface area contributed by atoms with Crippen molar-refractivity contribution in [3.63, 3.8) is 0 Å². The summed E-state index contributed by atoms with van der Waals surface area (Å²) < 4.78 is 10.6. The van der Waals surface area contributed by atoms with E-state index in [-0.39, 0.29) is 5.91 Å². The van der Waals surface area contributed by atoms with Gasteiger partial charge < -0.3 is 19.1 Å². The molecule has 134 valence electrons. The Morgan fingerprint density at radius 1 is 1.28 bits per heavy atom. The van der Waals surface area contributed by atoms with Crippen molar-refractivity contribution in [3.8, 4) is 5.88 Å². The molecular formula is C17H23N5O3. The predicted molar refractivity (Wildman–Crippen MR) is 91.9 cm³/mol. The molecule has 0 spiro atoms. The highest BCUT2D eigenvalue weighted by Crippen LogP contribution is 2.19. The molecule has 0 bridgehead atoms. The molecular weight excluding hydrogens is 322 g/mol. The molecule has 25 heavy (non-hydrogen) atoms. The maximum absolute atomic E-state index is 12.8. The van der Waals surface area contributed by atoms with Gasteiger partial charge in [-0.3, -0.25) is 4.79 Å². The van der Waals surface area contributed by atoms with Crippen molar-refractivity contribution in [2.75, 3.05) is 37.7 Å². The molecule has 0 saturated carbocycles. The summed E-state index contributed by atoms with van der Waals surface area (Å²) in [4.78, 5) is 25.4. The highest BCUT2D eigenvalue weighted by Gasteiger charge is 2.28. The van der Waals surface area contributed by atoms with Crippen LogP contribution in [0.1, 0.15) is 35.7 Å². The fourth-order valence-electron chi connectivity index (χ4n) is 2.91. The largest absolute Gasteiger partial charge is 0.478 e. The van der Waals surface area contributed by atoms with E-state index in [1.807, 2.05) is 18.7 Å². The number of piperazine rings is 1. The van der Waals surface area contributed by atoms with Crippen LogP contribution in [0.15, 0.2) is 16.8 Å². The fourth-order valence-corrected chi connectivity index (χ4v) is 2.91. The Hall–Kier alpha value is -2.64. The number of ether oxygens (including phenoxy) is 1. The van der Waals surface area contributed by atoms with Crippen LogP contribution in [0.5, 0.6) is 5.88 Å². The molecule has 1 fully saturated rings. The van der Waals surface area contributed by atoms with E-state index in [9.17, 15) is 4.79 Å². The average molecular weight is 345 g/mol. The van der Waals surface area contributed by atoms with Gasteiger partial charge in [-0.15, -0.1) is 0 Å². The van der Waals surface area contributed by atoms with Crippen LogP contribution in [-0.2, 0) is 6.42 Å². The first-order valence-electron chi connectivity index (χ1n) is 8.59. The first-order chi connectivity index (χ1) is 12.1. The second-order valence-electron chi connectivity index (χ2n) is 5.82. The molecule has 1 saturated heterocycles. The summed E-state index contributed by atoms with van der Waals surface area (Å²) in [5.41, 5.74) is 1.32. The van der Waals surface area contributed by atoms with Crippen molar-refractivity contribution in [2.24, 2.45) is 0 Å². The third-order valence-electron chi connectivity index (χ3n) is 4.24. The molecule has 8 nitrogen and oxygen atoms in total. The lowest BCUT2D eigenvalue weighted by Gasteiger charge is -2.34. The third-order valence-corrected chi connectivity index (χ3v) is 4.24. The zero-order valence-corrected chi connectivity index (χ0v) is 14.9. The van der Waals surface area contributed by atoms with Crippen LogP contribution in [-0.4, -0.2) is 58.7 Å². The average Bonchev–Trinajstić information content (AvgIpc) is 3.02. The summed E-state index contributed by atoms with van der Waals surface area (Å²) in [5.74, 6) is 1.77. The molecule has 8 heteroatoms. The van der Waals surface area contributed by atoms with Gasteiger partial charge in [0.25, 0.3) is 5.91 Å². The number of carbonyl (C=O) groups excluding carboxylic acids is 1. The zero-order valence-electron chi connectivity index (χ0n) is 14.9. The second-order valence-corrected chi connectivity index (χ2v) is 5.82. The van der Waals surface area contributed by atoms with Gasteiger partial charge in [-0.1, -0.05) is 12.1 Å². The summed E-state index contributed by atoms with van der Waals surface area (Å²) in [5, 5.41) is 3.97. The quantitative estimate of drug-likeness (QED) is 0.815. The van der Waals surface area contributed by atoms with Crippen molar-refractivity contribution < 1.29 is 14.1 Å². The van der Waals surface area contributed by atoms with E-state index in [0.717, 1.165) is 5.69 Å². The topological polar surface area (TPSA) is 84.6 Å². The lowest BCUT2D eigenvalue weighted by Crippen LogP contribution is -2.49.